The maximum Gasteiger partial charge on any atom is 0.241 e. The number of hydrogen-bond donors (Lipinski definition) is 1. The van der Waals surface area contributed by atoms with Gasteiger partial charge in [-0.25, -0.2) is 27.5 Å². The van der Waals surface area contributed by atoms with Crippen molar-refractivity contribution < 1.29 is 12.8 Å². The lowest BCUT2D eigenvalue weighted by Gasteiger charge is -2.27. The third-order valence-corrected chi connectivity index (χ3v) is 5.30. The summed E-state index contributed by atoms with van der Waals surface area (Å²) in [6.45, 7) is 1.86. The zero-order chi connectivity index (χ0) is 17.0. The summed E-state index contributed by atoms with van der Waals surface area (Å²) in [5.41, 5.74) is 0. The van der Waals surface area contributed by atoms with Crippen LogP contribution in [0.5, 0.6) is 0 Å². The van der Waals surface area contributed by atoms with E-state index in [-0.39, 0.29) is 11.4 Å². The van der Waals surface area contributed by atoms with Gasteiger partial charge in [0.2, 0.25) is 10.0 Å². The van der Waals surface area contributed by atoms with Gasteiger partial charge in [0.25, 0.3) is 0 Å². The third kappa shape index (κ3) is 4.07. The molecule has 128 valence electrons. The van der Waals surface area contributed by atoms with Crippen LogP contribution in [0.3, 0.4) is 0 Å². The predicted molar refractivity (Wildman–Crippen MR) is 88.5 cm³/mol. The minimum atomic E-state index is -3.80. The van der Waals surface area contributed by atoms with Gasteiger partial charge in [-0.1, -0.05) is 6.07 Å². The molecule has 0 bridgehead atoms. The number of anilines is 1. The van der Waals surface area contributed by atoms with Crippen molar-refractivity contribution in [2.45, 2.75) is 30.7 Å². The van der Waals surface area contributed by atoms with Gasteiger partial charge >= 0.3 is 0 Å². The molecule has 0 atom stereocenters. The molecule has 0 unspecified atom stereocenters. The quantitative estimate of drug-likeness (QED) is 0.894. The fourth-order valence-corrected chi connectivity index (χ4v) is 3.66. The van der Waals surface area contributed by atoms with Crippen molar-refractivity contribution in [3.63, 3.8) is 0 Å². The summed E-state index contributed by atoms with van der Waals surface area (Å²) in [6, 6.07) is 6.71. The zero-order valence-corrected chi connectivity index (χ0v) is 14.0. The lowest BCUT2D eigenvalue weighted by Crippen LogP contribution is -2.31. The minimum Gasteiger partial charge on any atom is -0.357 e. The van der Waals surface area contributed by atoms with E-state index in [1.165, 1.54) is 24.6 Å². The number of nitrogens with zero attached hydrogens (tertiary/aromatic N) is 3. The molecule has 1 N–H and O–H groups in total. The number of aromatic nitrogens is 2. The molecule has 8 heteroatoms. The Morgan fingerprint density at radius 1 is 1.17 bits per heavy atom. The molecule has 1 aliphatic rings. The van der Waals surface area contributed by atoms with Gasteiger partial charge in [-0.3, -0.25) is 0 Å². The van der Waals surface area contributed by atoms with Gasteiger partial charge in [-0.2, -0.15) is 0 Å². The highest BCUT2D eigenvalue weighted by molar-refractivity contribution is 7.89. The minimum absolute atomic E-state index is 0.0411. The largest absolute Gasteiger partial charge is 0.357 e. The van der Waals surface area contributed by atoms with Crippen LogP contribution in [0.1, 0.15) is 25.1 Å². The van der Waals surface area contributed by atoms with Crippen molar-refractivity contribution in [2.75, 3.05) is 18.0 Å². The number of hydrogen-bond acceptors (Lipinski definition) is 5. The van der Waals surface area contributed by atoms with Gasteiger partial charge < -0.3 is 4.90 Å². The summed E-state index contributed by atoms with van der Waals surface area (Å²) < 4.78 is 40.0. The molecule has 0 radical (unpaired) electrons. The van der Waals surface area contributed by atoms with Gasteiger partial charge in [-0.05, 0) is 43.5 Å². The molecule has 0 spiro atoms. The molecule has 1 fully saturated rings. The van der Waals surface area contributed by atoms with E-state index in [1.807, 2.05) is 6.07 Å². The van der Waals surface area contributed by atoms with Crippen molar-refractivity contribution >= 4 is 15.8 Å². The first-order valence-corrected chi connectivity index (χ1v) is 9.35. The van der Waals surface area contributed by atoms with Gasteiger partial charge in [-0.15, -0.1) is 0 Å². The number of nitrogens with one attached hydrogen (secondary N) is 1. The second kappa shape index (κ2) is 7.23. The second-order valence-electron chi connectivity index (χ2n) is 5.66. The topological polar surface area (TPSA) is 75.2 Å². The molecule has 1 aromatic carbocycles. The van der Waals surface area contributed by atoms with Crippen molar-refractivity contribution in [3.8, 4) is 0 Å². The lowest BCUT2D eigenvalue weighted by atomic mass is 10.1. The maximum atomic E-state index is 13.2. The van der Waals surface area contributed by atoms with E-state index < -0.39 is 15.8 Å². The average Bonchev–Trinajstić information content (AvgIpc) is 2.61. The van der Waals surface area contributed by atoms with Crippen LogP contribution in [0.4, 0.5) is 10.2 Å². The third-order valence-electron chi connectivity index (χ3n) is 3.90. The van der Waals surface area contributed by atoms with E-state index >= 15 is 0 Å². The summed E-state index contributed by atoms with van der Waals surface area (Å²) in [7, 11) is -3.80. The van der Waals surface area contributed by atoms with Crippen LogP contribution in [0, 0.1) is 5.82 Å². The Morgan fingerprint density at radius 3 is 2.71 bits per heavy atom. The van der Waals surface area contributed by atoms with Gasteiger partial charge in [0.05, 0.1) is 11.4 Å². The van der Waals surface area contributed by atoms with Crippen LogP contribution in [0.2, 0.25) is 0 Å². The molecule has 3 rings (SSSR count). The van der Waals surface area contributed by atoms with Gasteiger partial charge in [0, 0.05) is 19.3 Å². The molecule has 1 aromatic heterocycles. The van der Waals surface area contributed by atoms with E-state index in [0.717, 1.165) is 37.8 Å². The van der Waals surface area contributed by atoms with Crippen molar-refractivity contribution in [3.05, 3.63) is 48.2 Å². The first-order chi connectivity index (χ1) is 11.5. The molecule has 1 aliphatic heterocycles. The monoisotopic (exact) mass is 350 g/mol. The van der Waals surface area contributed by atoms with Crippen LogP contribution in [-0.2, 0) is 16.6 Å². The molecule has 24 heavy (non-hydrogen) atoms. The SMILES string of the molecule is O=S(=O)(NCc1nccc(N2CCCCC2)n1)c1cccc(F)c1. The normalized spacial score (nSPS) is 15.5. The Labute approximate surface area is 140 Å². The van der Waals surface area contributed by atoms with Crippen molar-refractivity contribution in [2.24, 2.45) is 0 Å². The molecular weight excluding hydrogens is 331 g/mol. The van der Waals surface area contributed by atoms with Crippen LogP contribution >= 0.6 is 0 Å². The number of sulfonamides is 1. The first kappa shape index (κ1) is 16.8. The fraction of sp³-hybridized carbons (Fsp3) is 0.375. The lowest BCUT2D eigenvalue weighted by molar-refractivity contribution is 0.568. The van der Waals surface area contributed by atoms with Crippen LogP contribution in [0.25, 0.3) is 0 Å². The van der Waals surface area contributed by atoms with Gasteiger partial charge in [0.15, 0.2) is 0 Å². The highest BCUT2D eigenvalue weighted by Gasteiger charge is 2.16. The van der Waals surface area contributed by atoms with Crippen LogP contribution in [0.15, 0.2) is 41.4 Å². The van der Waals surface area contributed by atoms with Crippen LogP contribution < -0.4 is 9.62 Å². The van der Waals surface area contributed by atoms with E-state index in [2.05, 4.69) is 19.6 Å². The standard InChI is InChI=1S/C16H19FN4O2S/c17-13-5-4-6-14(11-13)24(22,23)19-12-15-18-8-7-16(20-15)21-9-2-1-3-10-21/h4-8,11,19H,1-3,9-10,12H2. The molecule has 2 heterocycles. The second-order valence-corrected chi connectivity index (χ2v) is 7.43. The number of benzene rings is 1. The smallest absolute Gasteiger partial charge is 0.241 e. The fourth-order valence-electron chi connectivity index (χ4n) is 2.65. The summed E-state index contributed by atoms with van der Waals surface area (Å²) in [5.74, 6) is 0.601. The Kier molecular flexibility index (Phi) is 5.06. The number of halogens is 1. The van der Waals surface area contributed by atoms with Crippen LogP contribution in [-0.4, -0.2) is 31.5 Å². The molecule has 1 saturated heterocycles. The molecule has 6 nitrogen and oxygen atoms in total. The number of rotatable bonds is 5. The van der Waals surface area contributed by atoms with E-state index in [4.69, 9.17) is 0 Å². The van der Waals surface area contributed by atoms with Crippen molar-refractivity contribution in [1.29, 1.82) is 0 Å². The highest BCUT2D eigenvalue weighted by atomic mass is 32.2. The molecular formula is C16H19FN4O2S. The van der Waals surface area contributed by atoms with E-state index in [1.54, 1.807) is 6.20 Å². The van der Waals surface area contributed by atoms with E-state index in [0.29, 0.717) is 5.82 Å². The summed E-state index contributed by atoms with van der Waals surface area (Å²) >= 11 is 0. The Balaban J connectivity index is 1.70. The predicted octanol–water partition coefficient (Wildman–Crippen LogP) is 2.08. The van der Waals surface area contributed by atoms with E-state index in [9.17, 15) is 12.8 Å². The molecule has 2 aromatic rings. The Morgan fingerprint density at radius 2 is 1.96 bits per heavy atom. The van der Waals surface area contributed by atoms with Gasteiger partial charge in [0.1, 0.15) is 17.5 Å². The maximum absolute atomic E-state index is 13.2. The zero-order valence-electron chi connectivity index (χ0n) is 13.2. The average molecular weight is 350 g/mol. The summed E-state index contributed by atoms with van der Waals surface area (Å²) in [5, 5.41) is 0. The first-order valence-electron chi connectivity index (χ1n) is 7.87. The highest BCUT2D eigenvalue weighted by Crippen LogP contribution is 2.17. The van der Waals surface area contributed by atoms with Crippen molar-refractivity contribution in [1.82, 2.24) is 14.7 Å². The Bertz CT molecular complexity index is 807. The number of piperidine rings is 1. The molecule has 0 aliphatic carbocycles. The summed E-state index contributed by atoms with van der Waals surface area (Å²) in [4.78, 5) is 10.6. The summed E-state index contributed by atoms with van der Waals surface area (Å²) in [6.07, 6.45) is 5.11. The Hall–Kier alpha value is -2.06. The molecule has 0 amide bonds. The molecule has 0 saturated carbocycles.